The second-order valence-corrected chi connectivity index (χ2v) is 5.32. The molecule has 1 aliphatic heterocycles. The number of fused-ring (bicyclic) bond motifs is 1. The maximum atomic E-state index is 12.4. The van der Waals surface area contributed by atoms with Crippen molar-refractivity contribution in [2.75, 3.05) is 29.6 Å². The van der Waals surface area contributed by atoms with Gasteiger partial charge in [-0.05, 0) is 23.8 Å². The monoisotopic (exact) mass is 282 g/mol. The second-order valence-electron chi connectivity index (χ2n) is 5.32. The predicted molar refractivity (Wildman–Crippen MR) is 84.8 cm³/mol. The Hall–Kier alpha value is -2.56. The van der Waals surface area contributed by atoms with E-state index >= 15 is 0 Å². The quantitative estimate of drug-likeness (QED) is 0.905. The van der Waals surface area contributed by atoms with Gasteiger partial charge in [-0.1, -0.05) is 18.2 Å². The molecule has 2 heterocycles. The lowest BCUT2D eigenvalue weighted by Crippen LogP contribution is -2.33. The molecule has 0 saturated heterocycles. The third kappa shape index (κ3) is 2.67. The molecular formula is C16H18N4O. The van der Waals surface area contributed by atoms with Crippen LogP contribution in [0.1, 0.15) is 5.56 Å². The number of nitrogens with one attached hydrogen (secondary N) is 2. The van der Waals surface area contributed by atoms with Crippen LogP contribution in [0.4, 0.5) is 17.2 Å². The van der Waals surface area contributed by atoms with Crippen LogP contribution in [0.2, 0.25) is 0 Å². The van der Waals surface area contributed by atoms with Gasteiger partial charge in [0.2, 0.25) is 5.91 Å². The predicted octanol–water partition coefficient (Wildman–Crippen LogP) is 2.12. The molecule has 3 rings (SSSR count). The fourth-order valence-electron chi connectivity index (χ4n) is 2.53. The fraction of sp³-hybridized carbons (Fsp3) is 0.250. The van der Waals surface area contributed by atoms with Crippen molar-refractivity contribution >= 4 is 23.1 Å². The van der Waals surface area contributed by atoms with Crippen molar-refractivity contribution in [2.24, 2.45) is 0 Å². The first kappa shape index (κ1) is 13.4. The van der Waals surface area contributed by atoms with E-state index in [4.69, 9.17) is 0 Å². The minimum Gasteiger partial charge on any atom is -0.373 e. The summed E-state index contributed by atoms with van der Waals surface area (Å²) >= 11 is 0. The Morgan fingerprint density at radius 2 is 2.10 bits per heavy atom. The first-order valence-corrected chi connectivity index (χ1v) is 6.93. The SMILES string of the molecule is CN(C)c1ncccc1NC(=O)[C@@H]1Cc2ccccc2N1. The molecule has 1 aromatic heterocycles. The van der Waals surface area contributed by atoms with Crippen LogP contribution in [0.25, 0.3) is 0 Å². The van der Waals surface area contributed by atoms with Crippen molar-refractivity contribution in [1.82, 2.24) is 4.98 Å². The second kappa shape index (κ2) is 5.44. The molecule has 1 amide bonds. The fourth-order valence-corrected chi connectivity index (χ4v) is 2.53. The van der Waals surface area contributed by atoms with Crippen LogP contribution in [-0.2, 0) is 11.2 Å². The van der Waals surface area contributed by atoms with Crippen molar-refractivity contribution in [1.29, 1.82) is 0 Å². The summed E-state index contributed by atoms with van der Waals surface area (Å²) in [6, 6.07) is 11.5. The Morgan fingerprint density at radius 1 is 1.29 bits per heavy atom. The number of carbonyl (C=O) groups is 1. The largest absolute Gasteiger partial charge is 0.373 e. The van der Waals surface area contributed by atoms with Crippen molar-refractivity contribution < 1.29 is 4.79 Å². The Bertz CT molecular complexity index is 644. The number of hydrogen-bond donors (Lipinski definition) is 2. The molecule has 0 unspecified atom stereocenters. The maximum Gasteiger partial charge on any atom is 0.247 e. The Labute approximate surface area is 124 Å². The molecule has 5 heteroatoms. The molecule has 2 N–H and O–H groups in total. The smallest absolute Gasteiger partial charge is 0.247 e. The molecule has 2 aromatic rings. The molecule has 0 spiro atoms. The van der Waals surface area contributed by atoms with Gasteiger partial charge in [-0.2, -0.15) is 0 Å². The van der Waals surface area contributed by atoms with Gasteiger partial charge in [0, 0.05) is 32.4 Å². The van der Waals surface area contributed by atoms with Crippen LogP contribution in [0, 0.1) is 0 Å². The maximum absolute atomic E-state index is 12.4. The third-order valence-electron chi connectivity index (χ3n) is 3.56. The summed E-state index contributed by atoms with van der Waals surface area (Å²) in [5.41, 5.74) is 2.94. The van der Waals surface area contributed by atoms with Gasteiger partial charge in [0.25, 0.3) is 0 Å². The average Bonchev–Trinajstić information content (AvgIpc) is 2.91. The van der Waals surface area contributed by atoms with Crippen LogP contribution >= 0.6 is 0 Å². The Morgan fingerprint density at radius 3 is 2.86 bits per heavy atom. The van der Waals surface area contributed by atoms with Gasteiger partial charge in [0.15, 0.2) is 5.82 Å². The number of amides is 1. The molecule has 0 saturated carbocycles. The Kier molecular flexibility index (Phi) is 3.48. The highest BCUT2D eigenvalue weighted by Gasteiger charge is 2.26. The molecule has 0 radical (unpaired) electrons. The standard InChI is InChI=1S/C16H18N4O/c1-20(2)15-13(8-5-9-17-15)19-16(21)14-10-11-6-3-4-7-12(11)18-14/h3-9,14,18H,10H2,1-2H3,(H,19,21)/t14-/m0/s1. The molecule has 0 fully saturated rings. The molecule has 1 aliphatic rings. The molecular weight excluding hydrogens is 264 g/mol. The highest BCUT2D eigenvalue weighted by atomic mass is 16.2. The third-order valence-corrected chi connectivity index (χ3v) is 3.56. The molecule has 108 valence electrons. The van der Waals surface area contributed by atoms with E-state index in [2.05, 4.69) is 15.6 Å². The number of hydrogen-bond acceptors (Lipinski definition) is 4. The van der Waals surface area contributed by atoms with E-state index in [-0.39, 0.29) is 11.9 Å². The number of anilines is 3. The number of para-hydroxylation sites is 1. The van der Waals surface area contributed by atoms with Gasteiger partial charge in [0.05, 0.1) is 5.69 Å². The van der Waals surface area contributed by atoms with Crippen molar-refractivity contribution in [3.05, 3.63) is 48.2 Å². The number of carbonyl (C=O) groups excluding carboxylic acids is 1. The van der Waals surface area contributed by atoms with E-state index < -0.39 is 0 Å². The summed E-state index contributed by atoms with van der Waals surface area (Å²) in [4.78, 5) is 18.6. The number of pyridine rings is 1. The van der Waals surface area contributed by atoms with E-state index in [1.807, 2.05) is 55.4 Å². The summed E-state index contributed by atoms with van der Waals surface area (Å²) in [6.07, 6.45) is 2.42. The van der Waals surface area contributed by atoms with E-state index in [1.165, 1.54) is 5.56 Å². The van der Waals surface area contributed by atoms with E-state index in [9.17, 15) is 4.79 Å². The van der Waals surface area contributed by atoms with Gasteiger partial charge in [0.1, 0.15) is 6.04 Å². The lowest BCUT2D eigenvalue weighted by Gasteiger charge is -2.18. The van der Waals surface area contributed by atoms with E-state index in [0.29, 0.717) is 6.42 Å². The highest BCUT2D eigenvalue weighted by molar-refractivity contribution is 5.99. The minimum atomic E-state index is -0.238. The summed E-state index contributed by atoms with van der Waals surface area (Å²) in [7, 11) is 3.81. The summed E-state index contributed by atoms with van der Waals surface area (Å²) in [5.74, 6) is 0.712. The zero-order chi connectivity index (χ0) is 14.8. The van der Waals surface area contributed by atoms with Gasteiger partial charge >= 0.3 is 0 Å². The Balaban J connectivity index is 1.74. The molecule has 1 atom stereocenters. The normalized spacial score (nSPS) is 16.0. The van der Waals surface area contributed by atoms with Gasteiger partial charge < -0.3 is 15.5 Å². The van der Waals surface area contributed by atoms with Gasteiger partial charge in [-0.15, -0.1) is 0 Å². The van der Waals surface area contributed by atoms with Gasteiger partial charge in [-0.3, -0.25) is 4.79 Å². The summed E-state index contributed by atoms with van der Waals surface area (Å²) in [6.45, 7) is 0. The number of nitrogens with zero attached hydrogens (tertiary/aromatic N) is 2. The van der Waals surface area contributed by atoms with Crippen LogP contribution in [-0.4, -0.2) is 31.0 Å². The van der Waals surface area contributed by atoms with Crippen molar-refractivity contribution in [3.8, 4) is 0 Å². The zero-order valence-electron chi connectivity index (χ0n) is 12.1. The lowest BCUT2D eigenvalue weighted by molar-refractivity contribution is -0.116. The van der Waals surface area contributed by atoms with Crippen LogP contribution in [0.5, 0.6) is 0 Å². The van der Waals surface area contributed by atoms with Crippen LogP contribution < -0.4 is 15.5 Å². The van der Waals surface area contributed by atoms with Crippen LogP contribution in [0.3, 0.4) is 0 Å². The highest BCUT2D eigenvalue weighted by Crippen LogP contribution is 2.27. The molecule has 0 aliphatic carbocycles. The van der Waals surface area contributed by atoms with Crippen molar-refractivity contribution in [3.63, 3.8) is 0 Å². The number of benzene rings is 1. The summed E-state index contributed by atoms with van der Waals surface area (Å²) in [5, 5.41) is 6.22. The number of rotatable bonds is 3. The minimum absolute atomic E-state index is 0.0395. The first-order chi connectivity index (χ1) is 10.1. The van der Waals surface area contributed by atoms with E-state index in [1.54, 1.807) is 6.20 Å². The lowest BCUT2D eigenvalue weighted by atomic mass is 10.1. The molecule has 0 bridgehead atoms. The molecule has 1 aromatic carbocycles. The van der Waals surface area contributed by atoms with Gasteiger partial charge in [-0.25, -0.2) is 4.98 Å². The molecule has 5 nitrogen and oxygen atoms in total. The topological polar surface area (TPSA) is 57.3 Å². The van der Waals surface area contributed by atoms with Crippen LogP contribution in [0.15, 0.2) is 42.6 Å². The molecule has 21 heavy (non-hydrogen) atoms. The van der Waals surface area contributed by atoms with E-state index in [0.717, 1.165) is 17.2 Å². The first-order valence-electron chi connectivity index (χ1n) is 6.93. The van der Waals surface area contributed by atoms with Crippen molar-refractivity contribution in [2.45, 2.75) is 12.5 Å². The zero-order valence-corrected chi connectivity index (χ0v) is 12.1. The summed E-state index contributed by atoms with van der Waals surface area (Å²) < 4.78 is 0. The average molecular weight is 282 g/mol. The number of aromatic nitrogens is 1.